The van der Waals surface area contributed by atoms with Gasteiger partial charge in [0.25, 0.3) is 0 Å². The zero-order chi connectivity index (χ0) is 46.5. The summed E-state index contributed by atoms with van der Waals surface area (Å²) in [5, 5.41) is 0. The third kappa shape index (κ3) is 49.6. The Kier molecular flexibility index (Phi) is 49.4. The van der Waals surface area contributed by atoms with Gasteiger partial charge in [0.2, 0.25) is 0 Å². The molecule has 0 radical (unpaired) electrons. The molecule has 6 heteroatoms. The summed E-state index contributed by atoms with van der Waals surface area (Å²) >= 11 is 0. The van der Waals surface area contributed by atoms with Crippen molar-refractivity contribution in [3.63, 3.8) is 0 Å². The van der Waals surface area contributed by atoms with E-state index in [1.54, 1.807) is 0 Å². The molecular formula is C58H98O6. The van der Waals surface area contributed by atoms with Crippen LogP contribution in [0.5, 0.6) is 0 Å². The molecule has 1 unspecified atom stereocenters. The smallest absolute Gasteiger partial charge is 0.306 e. The van der Waals surface area contributed by atoms with Crippen molar-refractivity contribution in [3.8, 4) is 0 Å². The highest BCUT2D eigenvalue weighted by molar-refractivity contribution is 5.71. The Morgan fingerprint density at radius 3 is 1.06 bits per heavy atom. The van der Waals surface area contributed by atoms with Gasteiger partial charge in [-0.1, -0.05) is 221 Å². The van der Waals surface area contributed by atoms with Crippen molar-refractivity contribution >= 4 is 17.9 Å². The van der Waals surface area contributed by atoms with Gasteiger partial charge in [0.15, 0.2) is 6.10 Å². The van der Waals surface area contributed by atoms with Gasteiger partial charge in [-0.3, -0.25) is 14.4 Å². The second-order valence-electron chi connectivity index (χ2n) is 17.5. The number of ether oxygens (including phenoxy) is 3. The predicted molar refractivity (Wildman–Crippen MR) is 274 cm³/mol. The molecule has 0 aliphatic carbocycles. The number of carbonyl (C=O) groups excluding carboxylic acids is 3. The molecule has 0 rings (SSSR count). The van der Waals surface area contributed by atoms with E-state index in [0.29, 0.717) is 19.3 Å². The van der Waals surface area contributed by atoms with E-state index < -0.39 is 6.10 Å². The first-order valence-electron chi connectivity index (χ1n) is 26.7. The molecule has 0 aromatic heterocycles. The van der Waals surface area contributed by atoms with Crippen LogP contribution in [-0.4, -0.2) is 37.2 Å². The van der Waals surface area contributed by atoms with E-state index in [-0.39, 0.29) is 31.1 Å². The van der Waals surface area contributed by atoms with Crippen LogP contribution in [0.1, 0.15) is 245 Å². The van der Waals surface area contributed by atoms with Gasteiger partial charge < -0.3 is 14.2 Å². The Labute approximate surface area is 395 Å². The van der Waals surface area contributed by atoms with E-state index in [4.69, 9.17) is 14.2 Å². The standard InChI is InChI=1S/C58H98O6/c1-4-7-10-13-16-19-22-25-27-28-29-31-33-36-39-42-45-48-51-57(60)63-54-55(53-62-56(59)50-47-44-41-38-35-32-24-21-18-15-12-9-6-3)64-58(61)52-49-46-43-40-37-34-30-26-23-20-17-14-11-8-5-2/h9,12,15,17-18,20-21,23-24,26,29,31-32,35,55H,4-8,10-11,13-14,16,19,22,25,27-28,30,33-34,36-54H2,1-3H3/b12-9-,18-15-,20-17-,24-21-,26-23-,31-29-,35-32-. The molecular weight excluding hydrogens is 793 g/mol. The maximum Gasteiger partial charge on any atom is 0.306 e. The summed E-state index contributed by atoms with van der Waals surface area (Å²) in [6.07, 6.45) is 67.1. The van der Waals surface area contributed by atoms with E-state index in [1.165, 1.54) is 116 Å². The molecule has 0 bridgehead atoms. The molecule has 0 spiro atoms. The van der Waals surface area contributed by atoms with Crippen molar-refractivity contribution in [2.24, 2.45) is 0 Å². The minimum Gasteiger partial charge on any atom is -0.462 e. The van der Waals surface area contributed by atoms with E-state index >= 15 is 0 Å². The van der Waals surface area contributed by atoms with Crippen LogP contribution in [0.4, 0.5) is 0 Å². The van der Waals surface area contributed by atoms with Gasteiger partial charge >= 0.3 is 17.9 Å². The second-order valence-corrected chi connectivity index (χ2v) is 17.5. The van der Waals surface area contributed by atoms with Crippen molar-refractivity contribution in [3.05, 3.63) is 85.1 Å². The summed E-state index contributed by atoms with van der Waals surface area (Å²) in [5.41, 5.74) is 0. The molecule has 0 fully saturated rings. The molecule has 0 heterocycles. The Hall–Kier alpha value is -3.41. The number of esters is 3. The summed E-state index contributed by atoms with van der Waals surface area (Å²) < 4.78 is 16.8. The molecule has 6 nitrogen and oxygen atoms in total. The van der Waals surface area contributed by atoms with Gasteiger partial charge in [-0.15, -0.1) is 0 Å². The summed E-state index contributed by atoms with van der Waals surface area (Å²) in [6.45, 7) is 6.42. The molecule has 366 valence electrons. The average molecular weight is 891 g/mol. The Bertz CT molecular complexity index is 1250. The quantitative estimate of drug-likeness (QED) is 0.0199. The zero-order valence-corrected chi connectivity index (χ0v) is 41.8. The summed E-state index contributed by atoms with van der Waals surface area (Å²) in [4.78, 5) is 38.0. The van der Waals surface area contributed by atoms with Gasteiger partial charge in [0, 0.05) is 19.3 Å². The van der Waals surface area contributed by atoms with Crippen molar-refractivity contribution < 1.29 is 28.6 Å². The first kappa shape index (κ1) is 60.6. The van der Waals surface area contributed by atoms with Gasteiger partial charge in [-0.25, -0.2) is 0 Å². The Morgan fingerprint density at radius 2 is 0.625 bits per heavy atom. The molecule has 0 amide bonds. The maximum atomic E-state index is 12.8. The molecule has 0 saturated carbocycles. The van der Waals surface area contributed by atoms with Gasteiger partial charge in [0.1, 0.15) is 13.2 Å². The van der Waals surface area contributed by atoms with Crippen molar-refractivity contribution in [1.29, 1.82) is 0 Å². The summed E-state index contributed by atoms with van der Waals surface area (Å²) in [5.74, 6) is -0.958. The topological polar surface area (TPSA) is 78.9 Å². The van der Waals surface area contributed by atoms with Crippen LogP contribution in [0.15, 0.2) is 85.1 Å². The lowest BCUT2D eigenvalue weighted by Crippen LogP contribution is -2.30. The first-order chi connectivity index (χ1) is 31.5. The van der Waals surface area contributed by atoms with E-state index in [2.05, 4.69) is 69.4 Å². The number of hydrogen-bond acceptors (Lipinski definition) is 6. The summed E-state index contributed by atoms with van der Waals surface area (Å²) in [6, 6.07) is 0. The normalized spacial score (nSPS) is 12.7. The Balaban J connectivity index is 4.45. The van der Waals surface area contributed by atoms with E-state index in [1.807, 2.05) is 36.5 Å². The van der Waals surface area contributed by atoms with Crippen LogP contribution in [-0.2, 0) is 28.6 Å². The minimum atomic E-state index is -0.802. The van der Waals surface area contributed by atoms with Crippen LogP contribution in [0, 0.1) is 0 Å². The van der Waals surface area contributed by atoms with Crippen LogP contribution >= 0.6 is 0 Å². The highest BCUT2D eigenvalue weighted by Gasteiger charge is 2.19. The van der Waals surface area contributed by atoms with E-state index in [9.17, 15) is 14.4 Å². The fourth-order valence-corrected chi connectivity index (χ4v) is 7.20. The second kappa shape index (κ2) is 52.2. The monoisotopic (exact) mass is 891 g/mol. The fourth-order valence-electron chi connectivity index (χ4n) is 7.20. The third-order valence-electron chi connectivity index (χ3n) is 11.2. The molecule has 0 saturated heterocycles. The molecule has 64 heavy (non-hydrogen) atoms. The predicted octanol–water partition coefficient (Wildman–Crippen LogP) is 17.6. The van der Waals surface area contributed by atoms with Crippen LogP contribution in [0.25, 0.3) is 0 Å². The number of rotatable bonds is 47. The fraction of sp³-hybridized carbons (Fsp3) is 0.707. The summed E-state index contributed by atoms with van der Waals surface area (Å²) in [7, 11) is 0. The molecule has 0 aromatic carbocycles. The van der Waals surface area contributed by atoms with Gasteiger partial charge in [0.05, 0.1) is 0 Å². The maximum absolute atomic E-state index is 12.8. The average Bonchev–Trinajstić information content (AvgIpc) is 3.29. The number of carbonyl (C=O) groups is 3. The number of allylic oxidation sites excluding steroid dienone is 14. The first-order valence-corrected chi connectivity index (χ1v) is 26.7. The van der Waals surface area contributed by atoms with Crippen molar-refractivity contribution in [2.45, 2.75) is 252 Å². The van der Waals surface area contributed by atoms with Gasteiger partial charge in [-0.2, -0.15) is 0 Å². The molecule has 0 N–H and O–H groups in total. The van der Waals surface area contributed by atoms with Crippen LogP contribution in [0.2, 0.25) is 0 Å². The minimum absolute atomic E-state index is 0.0989. The van der Waals surface area contributed by atoms with Crippen molar-refractivity contribution in [1.82, 2.24) is 0 Å². The highest BCUT2D eigenvalue weighted by Crippen LogP contribution is 2.14. The Morgan fingerprint density at radius 1 is 0.328 bits per heavy atom. The third-order valence-corrected chi connectivity index (χ3v) is 11.2. The van der Waals surface area contributed by atoms with Crippen LogP contribution < -0.4 is 0 Å². The molecule has 0 aliphatic heterocycles. The van der Waals surface area contributed by atoms with Gasteiger partial charge in [-0.05, 0) is 89.9 Å². The van der Waals surface area contributed by atoms with Crippen molar-refractivity contribution in [2.75, 3.05) is 13.2 Å². The lowest BCUT2D eigenvalue weighted by molar-refractivity contribution is -0.167. The highest BCUT2D eigenvalue weighted by atomic mass is 16.6. The zero-order valence-electron chi connectivity index (χ0n) is 41.8. The van der Waals surface area contributed by atoms with Crippen LogP contribution in [0.3, 0.4) is 0 Å². The molecule has 0 aliphatic rings. The van der Waals surface area contributed by atoms with E-state index in [0.717, 1.165) is 89.9 Å². The SMILES string of the molecule is CC\C=C/C=C\C=C/C=C\CCCCCC(=O)OCC(COC(=O)CCCCCCC/C=C\CCCCCCCCCCC)OC(=O)CCCCCCCC/C=C\C=C/CCCCC. The lowest BCUT2D eigenvalue weighted by Gasteiger charge is -2.18. The molecule has 1 atom stereocenters. The number of hydrogen-bond donors (Lipinski definition) is 0. The molecule has 0 aromatic rings. The number of unbranched alkanes of at least 4 members (excludes halogenated alkanes) is 26. The lowest BCUT2D eigenvalue weighted by atomic mass is 10.1. The largest absolute Gasteiger partial charge is 0.462 e.